The second-order valence-electron chi connectivity index (χ2n) is 8.76. The van der Waals surface area contributed by atoms with Gasteiger partial charge in [0.05, 0.1) is 11.8 Å². The Kier molecular flexibility index (Phi) is 8.39. The lowest BCUT2D eigenvalue weighted by atomic mass is 9.86. The van der Waals surface area contributed by atoms with Crippen LogP contribution in [-0.2, 0) is 9.63 Å². The molecular formula is C27H34FN3O2. The third kappa shape index (κ3) is 5.69. The second kappa shape index (κ2) is 11.2. The van der Waals surface area contributed by atoms with E-state index in [1.54, 1.807) is 23.1 Å². The van der Waals surface area contributed by atoms with Crippen molar-refractivity contribution in [2.45, 2.75) is 52.7 Å². The molecular weight excluding hydrogens is 417 g/mol. The first kappa shape index (κ1) is 24.6. The lowest BCUT2D eigenvalue weighted by molar-refractivity contribution is -0.119. The molecule has 2 N–H and O–H groups in total. The van der Waals surface area contributed by atoms with Crippen molar-refractivity contribution in [3.8, 4) is 0 Å². The van der Waals surface area contributed by atoms with Crippen molar-refractivity contribution in [3.05, 3.63) is 77.6 Å². The molecule has 0 saturated carbocycles. The summed E-state index contributed by atoms with van der Waals surface area (Å²) < 4.78 is 13.4. The van der Waals surface area contributed by atoms with Gasteiger partial charge in [0.15, 0.2) is 0 Å². The molecule has 2 aromatic carbocycles. The number of oxime groups is 1. The standard InChI is InChI=1S/C27H34FN3O2/c1-5-18(2)20(4)25(15-16-29)33-30-19(3)17-24-26(21-9-7-6-8-10-21)31(27(24)32)23-13-11-22(28)12-14-23/h6-14,17-18,20,25-26H,5,15-16,29H2,1-4H3/b24-17+,30-19?. The Labute approximate surface area is 196 Å². The number of nitrogens with zero attached hydrogens (tertiary/aromatic N) is 2. The highest BCUT2D eigenvalue weighted by Crippen LogP contribution is 2.43. The summed E-state index contributed by atoms with van der Waals surface area (Å²) in [5.74, 6) is 0.350. The quantitative estimate of drug-likeness (QED) is 0.220. The van der Waals surface area contributed by atoms with Crippen molar-refractivity contribution in [2.24, 2.45) is 22.7 Å². The van der Waals surface area contributed by atoms with E-state index in [2.05, 4.69) is 25.9 Å². The van der Waals surface area contributed by atoms with Crippen LogP contribution in [0.1, 0.15) is 52.1 Å². The third-order valence-corrected chi connectivity index (χ3v) is 6.51. The van der Waals surface area contributed by atoms with Gasteiger partial charge >= 0.3 is 0 Å². The Morgan fingerprint density at radius 2 is 1.85 bits per heavy atom. The number of anilines is 1. The summed E-state index contributed by atoms with van der Waals surface area (Å²) in [6.45, 7) is 8.90. The van der Waals surface area contributed by atoms with Gasteiger partial charge in [0.2, 0.25) is 0 Å². The largest absolute Gasteiger partial charge is 0.392 e. The van der Waals surface area contributed by atoms with E-state index in [0.717, 1.165) is 18.4 Å². The van der Waals surface area contributed by atoms with Gasteiger partial charge in [-0.15, -0.1) is 0 Å². The fourth-order valence-corrected chi connectivity index (χ4v) is 4.14. The smallest absolute Gasteiger partial charge is 0.257 e. The molecule has 0 aliphatic carbocycles. The summed E-state index contributed by atoms with van der Waals surface area (Å²) >= 11 is 0. The van der Waals surface area contributed by atoms with E-state index < -0.39 is 0 Å². The van der Waals surface area contributed by atoms with Gasteiger partial charge in [0, 0.05) is 11.3 Å². The number of allylic oxidation sites excluding steroid dienone is 1. The molecule has 1 saturated heterocycles. The lowest BCUT2D eigenvalue weighted by Crippen LogP contribution is -2.49. The van der Waals surface area contributed by atoms with E-state index in [1.807, 2.05) is 37.3 Å². The Morgan fingerprint density at radius 3 is 2.45 bits per heavy atom. The molecule has 1 heterocycles. The number of rotatable bonds is 10. The second-order valence-corrected chi connectivity index (χ2v) is 8.76. The number of hydrogen-bond acceptors (Lipinski definition) is 4. The molecule has 4 unspecified atom stereocenters. The monoisotopic (exact) mass is 451 g/mol. The van der Waals surface area contributed by atoms with Crippen molar-refractivity contribution in [1.29, 1.82) is 0 Å². The molecule has 6 heteroatoms. The van der Waals surface area contributed by atoms with Crippen molar-refractivity contribution >= 4 is 17.3 Å². The maximum atomic E-state index is 13.4. The van der Waals surface area contributed by atoms with Crippen LogP contribution in [0.4, 0.5) is 10.1 Å². The number of carbonyl (C=O) groups is 1. The molecule has 1 aliphatic rings. The molecule has 1 fully saturated rings. The first-order valence-electron chi connectivity index (χ1n) is 11.6. The van der Waals surface area contributed by atoms with E-state index >= 15 is 0 Å². The summed E-state index contributed by atoms with van der Waals surface area (Å²) in [5.41, 5.74) is 8.68. The first-order valence-corrected chi connectivity index (χ1v) is 11.6. The summed E-state index contributed by atoms with van der Waals surface area (Å²) in [6.07, 6.45) is 3.50. The van der Waals surface area contributed by atoms with Gasteiger partial charge in [-0.1, -0.05) is 62.7 Å². The van der Waals surface area contributed by atoms with Gasteiger partial charge in [-0.25, -0.2) is 4.39 Å². The minimum atomic E-state index is -0.336. The number of nitrogens with two attached hydrogens (primary N) is 1. The average molecular weight is 452 g/mol. The molecule has 5 nitrogen and oxygen atoms in total. The number of halogens is 1. The minimum absolute atomic E-state index is 0.0731. The molecule has 0 radical (unpaired) electrons. The van der Waals surface area contributed by atoms with Crippen LogP contribution >= 0.6 is 0 Å². The van der Waals surface area contributed by atoms with E-state index in [4.69, 9.17) is 10.6 Å². The van der Waals surface area contributed by atoms with E-state index in [9.17, 15) is 9.18 Å². The summed E-state index contributed by atoms with van der Waals surface area (Å²) in [4.78, 5) is 20.7. The molecule has 1 aliphatic heterocycles. The molecule has 176 valence electrons. The predicted molar refractivity (Wildman–Crippen MR) is 131 cm³/mol. The van der Waals surface area contributed by atoms with Gasteiger partial charge in [0.1, 0.15) is 11.9 Å². The first-order chi connectivity index (χ1) is 15.9. The molecule has 3 rings (SSSR count). The highest BCUT2D eigenvalue weighted by molar-refractivity contribution is 6.18. The molecule has 0 bridgehead atoms. The fourth-order valence-electron chi connectivity index (χ4n) is 4.14. The van der Waals surface area contributed by atoms with Crippen molar-refractivity contribution < 1.29 is 14.0 Å². The van der Waals surface area contributed by atoms with Crippen molar-refractivity contribution in [1.82, 2.24) is 0 Å². The number of amides is 1. The van der Waals surface area contributed by atoms with E-state index in [0.29, 0.717) is 35.4 Å². The zero-order valence-electron chi connectivity index (χ0n) is 19.9. The summed E-state index contributed by atoms with van der Waals surface area (Å²) in [6, 6.07) is 15.5. The maximum absolute atomic E-state index is 13.4. The van der Waals surface area contributed by atoms with Crippen molar-refractivity contribution in [2.75, 3.05) is 11.4 Å². The molecule has 1 amide bonds. The van der Waals surface area contributed by atoms with E-state index in [-0.39, 0.29) is 23.9 Å². The average Bonchev–Trinajstić information content (AvgIpc) is 2.83. The Balaban J connectivity index is 1.85. The molecule has 0 aromatic heterocycles. The number of carbonyl (C=O) groups excluding carboxylic acids is 1. The van der Waals surface area contributed by atoms with Crippen LogP contribution in [-0.4, -0.2) is 24.3 Å². The number of hydrogen-bond donors (Lipinski definition) is 1. The van der Waals surface area contributed by atoms with Crippen LogP contribution in [0.15, 0.2) is 71.4 Å². The SMILES string of the molecule is CCC(C)C(C)C(CCN)ON=C(C)/C=C1/C(=O)N(c2ccc(F)cc2)C1c1ccccc1. The Hall–Kier alpha value is -2.99. The van der Waals surface area contributed by atoms with Crippen molar-refractivity contribution in [3.63, 3.8) is 0 Å². The third-order valence-electron chi connectivity index (χ3n) is 6.51. The zero-order chi connectivity index (χ0) is 24.0. The molecule has 2 aromatic rings. The van der Waals surface area contributed by atoms with Crippen LogP contribution in [0.5, 0.6) is 0 Å². The topological polar surface area (TPSA) is 67.9 Å². The Morgan fingerprint density at radius 1 is 1.18 bits per heavy atom. The van der Waals surface area contributed by atoms with E-state index in [1.165, 1.54) is 12.1 Å². The van der Waals surface area contributed by atoms with Crippen LogP contribution < -0.4 is 10.6 Å². The van der Waals surface area contributed by atoms with Crippen LogP contribution in [0, 0.1) is 17.7 Å². The predicted octanol–water partition coefficient (Wildman–Crippen LogP) is 5.63. The lowest BCUT2D eigenvalue weighted by Gasteiger charge is -2.43. The fraction of sp³-hybridized carbons (Fsp3) is 0.407. The van der Waals surface area contributed by atoms with Gasteiger partial charge in [-0.05, 0) is 67.6 Å². The number of benzene rings is 2. The molecule has 4 atom stereocenters. The van der Waals surface area contributed by atoms with Gasteiger partial charge in [0.25, 0.3) is 5.91 Å². The highest BCUT2D eigenvalue weighted by Gasteiger charge is 2.43. The van der Waals surface area contributed by atoms with Crippen LogP contribution in [0.25, 0.3) is 0 Å². The van der Waals surface area contributed by atoms with Gasteiger partial charge in [-0.2, -0.15) is 0 Å². The maximum Gasteiger partial charge on any atom is 0.257 e. The van der Waals surface area contributed by atoms with Gasteiger partial charge < -0.3 is 10.6 Å². The summed E-state index contributed by atoms with van der Waals surface area (Å²) in [5, 5.41) is 4.34. The number of β-lactam (4-membered cyclic amide) rings is 1. The van der Waals surface area contributed by atoms with Crippen LogP contribution in [0.2, 0.25) is 0 Å². The minimum Gasteiger partial charge on any atom is -0.392 e. The summed E-state index contributed by atoms with van der Waals surface area (Å²) in [7, 11) is 0. The molecule has 33 heavy (non-hydrogen) atoms. The highest BCUT2D eigenvalue weighted by atomic mass is 19.1. The van der Waals surface area contributed by atoms with Crippen LogP contribution in [0.3, 0.4) is 0 Å². The molecule has 0 spiro atoms. The van der Waals surface area contributed by atoms with Gasteiger partial charge in [-0.3, -0.25) is 9.69 Å². The normalized spacial score (nSPS) is 20.4. The zero-order valence-corrected chi connectivity index (χ0v) is 19.9. The Bertz CT molecular complexity index is 988.